The second kappa shape index (κ2) is 5.10. The number of esters is 1. The molecular weight excluding hydrogens is 340 g/mol. The molecule has 0 bridgehead atoms. The van der Waals surface area contributed by atoms with Crippen LogP contribution >= 0.6 is 27.3 Å². The van der Waals surface area contributed by atoms with E-state index in [-0.39, 0.29) is 22.8 Å². The molecule has 0 amide bonds. The smallest absolute Gasteiger partial charge is 0.416 e. The summed E-state index contributed by atoms with van der Waals surface area (Å²) in [6.07, 6.45) is 0. The van der Waals surface area contributed by atoms with Gasteiger partial charge in [0.1, 0.15) is 4.70 Å². The summed E-state index contributed by atoms with van der Waals surface area (Å²) in [4.78, 5) is 21.7. The standard InChI is InChI=1S/C10H7BrN2O5S/c1-2-18-10(14)9-12(15)7-4-5(13(16)17)3-6(11)8(7)19-9/h3-4H,2H2,1H3. The zero-order valence-electron chi connectivity index (χ0n) is 9.58. The highest BCUT2D eigenvalue weighted by atomic mass is 79.9. The topological polar surface area (TPSA) is 96.4 Å². The molecular formula is C10H7BrN2O5S. The minimum atomic E-state index is -0.742. The molecule has 0 spiro atoms. The van der Waals surface area contributed by atoms with Crippen LogP contribution < -0.4 is 4.73 Å². The third-order valence-electron chi connectivity index (χ3n) is 2.27. The van der Waals surface area contributed by atoms with Gasteiger partial charge in [-0.2, -0.15) is 0 Å². The maximum Gasteiger partial charge on any atom is 0.416 e. The van der Waals surface area contributed by atoms with Gasteiger partial charge in [0, 0.05) is 10.5 Å². The number of benzene rings is 1. The molecule has 1 heterocycles. The van der Waals surface area contributed by atoms with Crippen LogP contribution in [0.4, 0.5) is 5.69 Å². The van der Waals surface area contributed by atoms with Crippen molar-refractivity contribution in [2.45, 2.75) is 6.92 Å². The van der Waals surface area contributed by atoms with Gasteiger partial charge in [-0.15, -0.1) is 4.73 Å². The van der Waals surface area contributed by atoms with E-state index in [1.807, 2.05) is 0 Å². The highest BCUT2D eigenvalue weighted by Crippen LogP contribution is 2.32. The van der Waals surface area contributed by atoms with Crippen molar-refractivity contribution in [2.24, 2.45) is 0 Å². The first-order chi connectivity index (χ1) is 8.95. The number of nitro groups is 1. The Hall–Kier alpha value is -1.74. The maximum absolute atomic E-state index is 12.0. The van der Waals surface area contributed by atoms with Crippen molar-refractivity contribution >= 4 is 49.1 Å². The number of ether oxygens (including phenoxy) is 1. The van der Waals surface area contributed by atoms with Crippen molar-refractivity contribution in [3.63, 3.8) is 0 Å². The highest BCUT2D eigenvalue weighted by Gasteiger charge is 2.27. The SMILES string of the molecule is CCOC(=O)c1sc2c(Br)cc([N+](=O)[O-])cc2[n+]1[O-]. The van der Waals surface area contributed by atoms with Crippen molar-refractivity contribution in [1.82, 2.24) is 0 Å². The number of nitro benzene ring substituents is 1. The van der Waals surface area contributed by atoms with Gasteiger partial charge in [0.25, 0.3) is 5.69 Å². The molecule has 19 heavy (non-hydrogen) atoms. The van der Waals surface area contributed by atoms with Crippen LogP contribution in [-0.4, -0.2) is 17.5 Å². The van der Waals surface area contributed by atoms with Crippen LogP contribution in [-0.2, 0) is 4.74 Å². The van der Waals surface area contributed by atoms with Crippen LogP contribution in [0.5, 0.6) is 0 Å². The number of carbonyl (C=O) groups is 1. The number of non-ortho nitro benzene ring substituents is 1. The fraction of sp³-hybridized carbons (Fsp3) is 0.200. The predicted octanol–water partition coefficient (Wildman–Crippen LogP) is 2.38. The number of nitrogens with zero attached hydrogens (tertiary/aromatic N) is 2. The Morgan fingerprint density at radius 3 is 2.84 bits per heavy atom. The fourth-order valence-corrected chi connectivity index (χ4v) is 3.09. The number of hydrogen-bond acceptors (Lipinski definition) is 6. The molecule has 0 aliphatic carbocycles. The molecule has 0 atom stereocenters. The third-order valence-corrected chi connectivity index (χ3v) is 4.32. The van der Waals surface area contributed by atoms with Gasteiger partial charge >= 0.3 is 11.0 Å². The molecule has 2 aromatic rings. The van der Waals surface area contributed by atoms with Crippen molar-refractivity contribution in [2.75, 3.05) is 6.61 Å². The molecule has 1 aromatic heterocycles. The summed E-state index contributed by atoms with van der Waals surface area (Å²) in [6, 6.07) is 2.42. The van der Waals surface area contributed by atoms with Crippen molar-refractivity contribution < 1.29 is 19.2 Å². The molecule has 2 rings (SSSR count). The van der Waals surface area contributed by atoms with Gasteiger partial charge in [-0.3, -0.25) is 10.1 Å². The van der Waals surface area contributed by atoms with E-state index in [1.165, 1.54) is 6.07 Å². The largest absolute Gasteiger partial charge is 0.617 e. The van der Waals surface area contributed by atoms with Crippen LogP contribution in [0.15, 0.2) is 16.6 Å². The number of thiazole rings is 1. The summed E-state index contributed by atoms with van der Waals surface area (Å²) < 4.78 is 5.97. The molecule has 0 aliphatic heterocycles. The van der Waals surface area contributed by atoms with Crippen LogP contribution in [0.25, 0.3) is 10.2 Å². The predicted molar refractivity (Wildman–Crippen MR) is 71.1 cm³/mol. The lowest BCUT2D eigenvalue weighted by atomic mass is 10.3. The zero-order valence-corrected chi connectivity index (χ0v) is 12.0. The molecule has 0 aliphatic rings. The number of fused-ring (bicyclic) bond motifs is 1. The molecule has 7 nitrogen and oxygen atoms in total. The molecule has 0 radical (unpaired) electrons. The van der Waals surface area contributed by atoms with Crippen LogP contribution in [0, 0.1) is 15.3 Å². The molecule has 0 N–H and O–H groups in total. The Morgan fingerprint density at radius 1 is 1.58 bits per heavy atom. The van der Waals surface area contributed by atoms with Gasteiger partial charge in [0.15, 0.2) is 0 Å². The van der Waals surface area contributed by atoms with Gasteiger partial charge < -0.3 is 9.94 Å². The molecule has 9 heteroatoms. The van der Waals surface area contributed by atoms with Gasteiger partial charge in [0.05, 0.1) is 17.6 Å². The average molecular weight is 347 g/mol. The van der Waals surface area contributed by atoms with Crippen molar-refractivity contribution in [1.29, 1.82) is 0 Å². The summed E-state index contributed by atoms with van der Waals surface area (Å²) in [6.45, 7) is 1.77. The Labute approximate surface area is 119 Å². The lowest BCUT2D eigenvalue weighted by molar-refractivity contribution is -0.575. The van der Waals surface area contributed by atoms with Crippen LogP contribution in [0.1, 0.15) is 16.7 Å². The normalized spacial score (nSPS) is 10.6. The van der Waals surface area contributed by atoms with Gasteiger partial charge in [-0.25, -0.2) is 4.79 Å². The van der Waals surface area contributed by atoms with E-state index in [0.29, 0.717) is 13.9 Å². The minimum absolute atomic E-state index is 0.0640. The summed E-state index contributed by atoms with van der Waals surface area (Å²) in [5.74, 6) is -0.742. The second-order valence-electron chi connectivity index (χ2n) is 3.46. The van der Waals surface area contributed by atoms with Crippen molar-refractivity contribution in [3.05, 3.63) is 36.9 Å². The molecule has 0 saturated carbocycles. The highest BCUT2D eigenvalue weighted by molar-refractivity contribution is 9.10. The van der Waals surface area contributed by atoms with E-state index in [4.69, 9.17) is 4.74 Å². The van der Waals surface area contributed by atoms with E-state index in [9.17, 15) is 20.1 Å². The minimum Gasteiger partial charge on any atom is -0.617 e. The van der Waals surface area contributed by atoms with E-state index in [2.05, 4.69) is 15.9 Å². The zero-order chi connectivity index (χ0) is 14.2. The Kier molecular flexibility index (Phi) is 3.67. The first kappa shape index (κ1) is 13.7. The molecule has 1 aromatic carbocycles. The average Bonchev–Trinajstić information content (AvgIpc) is 2.68. The van der Waals surface area contributed by atoms with E-state index in [1.54, 1.807) is 6.92 Å². The summed E-state index contributed by atoms with van der Waals surface area (Å²) in [7, 11) is 0. The maximum atomic E-state index is 12.0. The number of rotatable bonds is 3. The van der Waals surface area contributed by atoms with E-state index < -0.39 is 10.9 Å². The second-order valence-corrected chi connectivity index (χ2v) is 5.31. The summed E-state index contributed by atoms with van der Waals surface area (Å²) in [5, 5.41) is 22.5. The van der Waals surface area contributed by atoms with E-state index in [0.717, 1.165) is 17.4 Å². The monoisotopic (exact) mass is 346 g/mol. The Balaban J connectivity index is 2.66. The lowest BCUT2D eigenvalue weighted by Gasteiger charge is -1.98. The summed E-state index contributed by atoms with van der Waals surface area (Å²) in [5.41, 5.74) is -0.161. The number of carbonyl (C=O) groups excluding carboxylic acids is 1. The van der Waals surface area contributed by atoms with Crippen molar-refractivity contribution in [3.8, 4) is 0 Å². The van der Waals surface area contributed by atoms with Crippen LogP contribution in [0.2, 0.25) is 0 Å². The number of aromatic nitrogens is 1. The molecule has 0 fully saturated rings. The molecule has 0 unspecified atom stereocenters. The van der Waals surface area contributed by atoms with Crippen LogP contribution in [0.3, 0.4) is 0 Å². The fourth-order valence-electron chi connectivity index (χ4n) is 1.49. The first-order valence-corrected chi connectivity index (χ1v) is 6.73. The van der Waals surface area contributed by atoms with E-state index >= 15 is 0 Å². The molecule has 100 valence electrons. The lowest BCUT2D eigenvalue weighted by Crippen LogP contribution is -2.32. The number of halogens is 1. The Bertz CT molecular complexity index is 684. The molecule has 0 saturated heterocycles. The first-order valence-electron chi connectivity index (χ1n) is 5.12. The van der Waals surface area contributed by atoms with Gasteiger partial charge in [0.2, 0.25) is 5.52 Å². The third kappa shape index (κ3) is 2.38. The Morgan fingerprint density at radius 2 is 2.26 bits per heavy atom. The van der Waals surface area contributed by atoms with Gasteiger partial charge in [-0.05, 0) is 22.9 Å². The summed E-state index contributed by atoms with van der Waals surface area (Å²) >= 11 is 4.08. The van der Waals surface area contributed by atoms with Gasteiger partial charge in [-0.1, -0.05) is 11.3 Å². The number of hydrogen-bond donors (Lipinski definition) is 0. The quantitative estimate of drug-likeness (QED) is 0.279.